The fourth-order valence-electron chi connectivity index (χ4n) is 3.76. The number of ether oxygens (including phenoxy) is 1. The second-order valence-electron chi connectivity index (χ2n) is 7.41. The molecule has 1 aliphatic rings. The average Bonchev–Trinajstić information content (AvgIpc) is 2.67. The number of hydrogen-bond donors (Lipinski definition) is 3. The van der Waals surface area contributed by atoms with Gasteiger partial charge in [-0.1, -0.05) is 50.1 Å². The van der Waals surface area contributed by atoms with Crippen molar-refractivity contribution in [3.8, 4) is 11.5 Å². The second kappa shape index (κ2) is 11.4. The van der Waals surface area contributed by atoms with Crippen LogP contribution in [0.2, 0.25) is 0 Å². The monoisotopic (exact) mass is 560 g/mol. The van der Waals surface area contributed by atoms with Crippen LogP contribution in [-0.4, -0.2) is 33.8 Å². The van der Waals surface area contributed by atoms with Gasteiger partial charge in [0, 0.05) is 33.0 Å². The summed E-state index contributed by atoms with van der Waals surface area (Å²) in [7, 11) is 1.46. The second-order valence-corrected chi connectivity index (χ2v) is 10.0. The van der Waals surface area contributed by atoms with Gasteiger partial charge in [-0.25, -0.2) is 0 Å². The number of phenolic OH excluding ortho intramolecular Hbond substituents is 1. The summed E-state index contributed by atoms with van der Waals surface area (Å²) in [6.07, 6.45) is 3.29. The van der Waals surface area contributed by atoms with Gasteiger partial charge in [-0.15, -0.1) is 12.4 Å². The van der Waals surface area contributed by atoms with Gasteiger partial charge in [0.2, 0.25) is 0 Å². The molecule has 1 fully saturated rings. The number of amides is 1. The maximum Gasteiger partial charge on any atom is 0.255 e. The molecule has 3 rings (SSSR count). The average molecular weight is 563 g/mol. The van der Waals surface area contributed by atoms with Crippen molar-refractivity contribution in [3.05, 3.63) is 53.6 Å². The summed E-state index contributed by atoms with van der Waals surface area (Å²) in [5.41, 5.74) is 2.23. The number of carbonyl (C=O) groups excluding carboxylic acids is 1. The molecule has 0 bridgehead atoms. The smallest absolute Gasteiger partial charge is 0.255 e. The fraction of sp³-hybridized carbons (Fsp3) is 0.409. The standard InChI is InChI=1S/C22H26Br2N2O3.ClH/c1-13(25-17-11-15(23)10-16(24)12-17)18-5-3-4-6-19(18)26-22(28)14-7-8-20(27)21(9-14)29-2;/h3-9,13,15-17,25,27H,10-12H2,1-2H3,(H,26,28);1H. The predicted octanol–water partition coefficient (Wildman–Crippen LogP) is 5.81. The van der Waals surface area contributed by atoms with Gasteiger partial charge in [0.05, 0.1) is 7.11 Å². The van der Waals surface area contributed by atoms with Crippen molar-refractivity contribution < 1.29 is 14.6 Å². The first-order chi connectivity index (χ1) is 13.9. The van der Waals surface area contributed by atoms with Crippen molar-refractivity contribution in [2.75, 3.05) is 12.4 Å². The Morgan fingerprint density at radius 3 is 2.47 bits per heavy atom. The molecule has 0 radical (unpaired) electrons. The van der Waals surface area contributed by atoms with Crippen molar-refractivity contribution in [1.82, 2.24) is 5.32 Å². The molecule has 0 saturated heterocycles. The molecule has 1 amide bonds. The number of phenols is 1. The van der Waals surface area contributed by atoms with E-state index in [9.17, 15) is 9.90 Å². The summed E-state index contributed by atoms with van der Waals surface area (Å²) in [5, 5.41) is 16.5. The van der Waals surface area contributed by atoms with E-state index in [1.165, 1.54) is 19.2 Å². The van der Waals surface area contributed by atoms with Gasteiger partial charge in [0.25, 0.3) is 5.91 Å². The Labute approximate surface area is 200 Å². The summed E-state index contributed by atoms with van der Waals surface area (Å²) >= 11 is 7.50. The largest absolute Gasteiger partial charge is 0.504 e. The van der Waals surface area contributed by atoms with E-state index in [0.717, 1.165) is 30.5 Å². The van der Waals surface area contributed by atoms with Gasteiger partial charge >= 0.3 is 0 Å². The molecule has 164 valence electrons. The summed E-state index contributed by atoms with van der Waals surface area (Å²) in [6.45, 7) is 2.12. The van der Waals surface area contributed by atoms with Crippen molar-refractivity contribution in [2.45, 2.75) is 47.9 Å². The Morgan fingerprint density at radius 2 is 1.80 bits per heavy atom. The van der Waals surface area contributed by atoms with E-state index in [0.29, 0.717) is 21.3 Å². The van der Waals surface area contributed by atoms with Crippen LogP contribution in [0.15, 0.2) is 42.5 Å². The number of alkyl halides is 2. The van der Waals surface area contributed by atoms with Gasteiger partial charge in [-0.2, -0.15) is 0 Å². The van der Waals surface area contributed by atoms with E-state index < -0.39 is 0 Å². The number of halogens is 3. The van der Waals surface area contributed by atoms with Gasteiger partial charge in [-0.05, 0) is 56.0 Å². The molecule has 3 atom stereocenters. The number of nitrogens with one attached hydrogen (secondary N) is 2. The van der Waals surface area contributed by atoms with Crippen molar-refractivity contribution in [1.29, 1.82) is 0 Å². The van der Waals surface area contributed by atoms with Gasteiger partial charge < -0.3 is 20.5 Å². The van der Waals surface area contributed by atoms with E-state index in [-0.39, 0.29) is 35.9 Å². The Morgan fingerprint density at radius 1 is 1.13 bits per heavy atom. The van der Waals surface area contributed by atoms with Crippen LogP contribution in [0.1, 0.15) is 48.1 Å². The van der Waals surface area contributed by atoms with Crippen LogP contribution in [0.4, 0.5) is 5.69 Å². The Kier molecular flexibility index (Phi) is 9.47. The van der Waals surface area contributed by atoms with Crippen molar-refractivity contribution in [3.63, 3.8) is 0 Å². The highest BCUT2D eigenvalue weighted by molar-refractivity contribution is 9.10. The number of carbonyl (C=O) groups is 1. The SMILES string of the molecule is COc1cc(C(=O)Nc2ccccc2C(C)NC2CC(Br)CC(Br)C2)ccc1O.Cl. The molecule has 0 heterocycles. The lowest BCUT2D eigenvalue weighted by Gasteiger charge is -2.33. The molecule has 30 heavy (non-hydrogen) atoms. The van der Waals surface area contributed by atoms with Gasteiger partial charge in [0.1, 0.15) is 0 Å². The van der Waals surface area contributed by atoms with E-state index in [4.69, 9.17) is 4.74 Å². The first kappa shape index (κ1) is 25.0. The Bertz CT molecular complexity index is 858. The molecule has 1 saturated carbocycles. The number of methoxy groups -OCH3 is 1. The van der Waals surface area contributed by atoms with Crippen LogP contribution < -0.4 is 15.4 Å². The summed E-state index contributed by atoms with van der Waals surface area (Å²) in [5.74, 6) is 0.0264. The lowest BCUT2D eigenvalue weighted by atomic mass is 9.93. The maximum atomic E-state index is 12.8. The lowest BCUT2D eigenvalue weighted by molar-refractivity contribution is 0.102. The molecule has 3 unspecified atom stereocenters. The first-order valence-corrected chi connectivity index (χ1v) is 11.5. The normalized spacial score (nSPS) is 21.9. The number of anilines is 1. The molecule has 2 aromatic carbocycles. The van der Waals surface area contributed by atoms with E-state index in [1.807, 2.05) is 24.3 Å². The van der Waals surface area contributed by atoms with Crippen LogP contribution in [0.25, 0.3) is 0 Å². The third kappa shape index (κ3) is 6.36. The number of aromatic hydroxyl groups is 1. The molecule has 0 aromatic heterocycles. The summed E-state index contributed by atoms with van der Waals surface area (Å²) < 4.78 is 5.10. The molecule has 0 spiro atoms. The molecule has 2 aromatic rings. The number of hydrogen-bond acceptors (Lipinski definition) is 4. The van der Waals surface area contributed by atoms with E-state index in [1.54, 1.807) is 6.07 Å². The molecule has 3 N–H and O–H groups in total. The number of benzene rings is 2. The topological polar surface area (TPSA) is 70.6 Å². The third-order valence-corrected chi connectivity index (χ3v) is 6.69. The molecular formula is C22H27Br2ClN2O3. The molecule has 5 nitrogen and oxygen atoms in total. The summed E-state index contributed by atoms with van der Waals surface area (Å²) in [4.78, 5) is 13.8. The minimum absolute atomic E-state index is 0. The predicted molar refractivity (Wildman–Crippen MR) is 131 cm³/mol. The van der Waals surface area contributed by atoms with Crippen LogP contribution in [-0.2, 0) is 0 Å². The highest BCUT2D eigenvalue weighted by atomic mass is 79.9. The van der Waals surface area contributed by atoms with Crippen molar-refractivity contribution >= 4 is 55.9 Å². The fourth-order valence-corrected chi connectivity index (χ4v) is 6.07. The minimum atomic E-state index is -0.248. The maximum absolute atomic E-state index is 12.8. The quantitative estimate of drug-likeness (QED) is 0.389. The van der Waals surface area contributed by atoms with Gasteiger partial charge in [-0.3, -0.25) is 4.79 Å². The van der Waals surface area contributed by atoms with E-state index in [2.05, 4.69) is 49.4 Å². The minimum Gasteiger partial charge on any atom is -0.504 e. The first-order valence-electron chi connectivity index (χ1n) is 9.68. The highest BCUT2D eigenvalue weighted by Crippen LogP contribution is 2.32. The zero-order valence-corrected chi connectivity index (χ0v) is 20.9. The van der Waals surface area contributed by atoms with E-state index >= 15 is 0 Å². The molecule has 1 aliphatic carbocycles. The Balaban J connectivity index is 0.00000320. The van der Waals surface area contributed by atoms with Crippen LogP contribution in [0.5, 0.6) is 11.5 Å². The zero-order valence-electron chi connectivity index (χ0n) is 16.9. The Hall–Kier alpha value is -1.28. The number of rotatable bonds is 6. The third-order valence-electron chi connectivity index (χ3n) is 5.20. The molecule has 8 heteroatoms. The molecule has 0 aliphatic heterocycles. The summed E-state index contributed by atoms with van der Waals surface area (Å²) in [6, 6.07) is 12.9. The van der Waals surface area contributed by atoms with Crippen LogP contribution in [0, 0.1) is 0 Å². The van der Waals surface area contributed by atoms with Crippen molar-refractivity contribution in [2.24, 2.45) is 0 Å². The highest BCUT2D eigenvalue weighted by Gasteiger charge is 2.27. The number of para-hydroxylation sites is 1. The molecular weight excluding hydrogens is 536 g/mol. The lowest BCUT2D eigenvalue weighted by Crippen LogP contribution is -2.39. The van der Waals surface area contributed by atoms with Crippen LogP contribution in [0.3, 0.4) is 0 Å². The zero-order chi connectivity index (χ0) is 21.0. The van der Waals surface area contributed by atoms with Crippen LogP contribution >= 0.6 is 44.3 Å². The van der Waals surface area contributed by atoms with Gasteiger partial charge in [0.15, 0.2) is 11.5 Å².